The number of hydrogen-bond acceptors (Lipinski definition) is 1. The first-order valence-electron chi connectivity index (χ1n) is 4.85. The van der Waals surface area contributed by atoms with E-state index >= 15 is 0 Å². The van der Waals surface area contributed by atoms with Gasteiger partial charge in [-0.05, 0) is 37.0 Å². The molecule has 12 heavy (non-hydrogen) atoms. The van der Waals surface area contributed by atoms with Gasteiger partial charge in [-0.15, -0.1) is 6.58 Å². The molecule has 0 aliphatic heterocycles. The third kappa shape index (κ3) is 2.10. The van der Waals surface area contributed by atoms with E-state index in [4.69, 9.17) is 0 Å². The first kappa shape index (κ1) is 9.79. The molecular weight excluding hydrogens is 148 g/mol. The van der Waals surface area contributed by atoms with Crippen molar-refractivity contribution in [1.82, 2.24) is 0 Å². The predicted molar refractivity (Wildman–Crippen MR) is 51.9 cm³/mol. The molecule has 0 aromatic rings. The van der Waals surface area contributed by atoms with E-state index in [9.17, 15) is 5.11 Å². The van der Waals surface area contributed by atoms with Crippen LogP contribution in [0.3, 0.4) is 0 Å². The Morgan fingerprint density at radius 1 is 1.58 bits per heavy atom. The second-order valence-electron chi connectivity index (χ2n) is 4.68. The summed E-state index contributed by atoms with van der Waals surface area (Å²) in [5.74, 6) is 0.716. The Morgan fingerprint density at radius 2 is 2.25 bits per heavy atom. The number of rotatable bonds is 3. The van der Waals surface area contributed by atoms with Crippen LogP contribution in [-0.4, -0.2) is 11.2 Å². The third-order valence-corrected chi connectivity index (χ3v) is 3.05. The molecular formula is C11H20O. The van der Waals surface area contributed by atoms with Crippen molar-refractivity contribution in [2.75, 3.05) is 0 Å². The molecule has 2 unspecified atom stereocenters. The molecule has 0 aromatic heterocycles. The average molecular weight is 168 g/mol. The summed E-state index contributed by atoms with van der Waals surface area (Å²) in [6.45, 7) is 8.03. The molecule has 1 saturated carbocycles. The van der Waals surface area contributed by atoms with Crippen LogP contribution >= 0.6 is 0 Å². The van der Waals surface area contributed by atoms with Crippen LogP contribution in [0.5, 0.6) is 0 Å². The minimum Gasteiger partial charge on any atom is -0.393 e. The van der Waals surface area contributed by atoms with Gasteiger partial charge >= 0.3 is 0 Å². The molecule has 0 amide bonds. The maximum atomic E-state index is 9.70. The van der Waals surface area contributed by atoms with Crippen molar-refractivity contribution in [3.63, 3.8) is 0 Å². The van der Waals surface area contributed by atoms with Crippen LogP contribution in [0.2, 0.25) is 0 Å². The molecule has 0 heterocycles. The van der Waals surface area contributed by atoms with Gasteiger partial charge in [-0.1, -0.05) is 19.9 Å². The van der Waals surface area contributed by atoms with E-state index in [1.54, 1.807) is 0 Å². The number of aliphatic hydroxyl groups is 1. The Kier molecular flexibility index (Phi) is 2.94. The Balaban J connectivity index is 2.38. The van der Waals surface area contributed by atoms with Gasteiger partial charge in [-0.3, -0.25) is 0 Å². The number of aliphatic hydroxyl groups excluding tert-OH is 1. The van der Waals surface area contributed by atoms with Gasteiger partial charge < -0.3 is 5.11 Å². The molecule has 0 radical (unpaired) electrons. The van der Waals surface area contributed by atoms with Crippen molar-refractivity contribution in [3.8, 4) is 0 Å². The second kappa shape index (κ2) is 3.61. The van der Waals surface area contributed by atoms with Crippen molar-refractivity contribution in [2.45, 2.75) is 45.6 Å². The largest absolute Gasteiger partial charge is 0.393 e. The third-order valence-electron chi connectivity index (χ3n) is 3.05. The van der Waals surface area contributed by atoms with Gasteiger partial charge in [0.05, 0.1) is 6.10 Å². The zero-order valence-corrected chi connectivity index (χ0v) is 8.21. The highest BCUT2D eigenvalue weighted by atomic mass is 16.3. The normalized spacial score (nSPS) is 33.6. The summed E-state index contributed by atoms with van der Waals surface area (Å²) in [5, 5.41) is 9.70. The fraction of sp³-hybridized carbons (Fsp3) is 0.818. The molecule has 1 fully saturated rings. The first-order valence-corrected chi connectivity index (χ1v) is 4.85. The molecule has 70 valence electrons. The van der Waals surface area contributed by atoms with Gasteiger partial charge in [-0.25, -0.2) is 0 Å². The Hall–Kier alpha value is -0.300. The highest BCUT2D eigenvalue weighted by Gasteiger charge is 2.38. The van der Waals surface area contributed by atoms with Crippen LogP contribution in [0, 0.1) is 11.3 Å². The van der Waals surface area contributed by atoms with E-state index in [1.807, 2.05) is 6.08 Å². The zero-order chi connectivity index (χ0) is 9.19. The van der Waals surface area contributed by atoms with E-state index in [1.165, 1.54) is 12.8 Å². The zero-order valence-electron chi connectivity index (χ0n) is 8.21. The molecule has 0 bridgehead atoms. The molecule has 1 N–H and O–H groups in total. The number of allylic oxidation sites excluding steroid dienone is 1. The van der Waals surface area contributed by atoms with Crippen LogP contribution in [-0.2, 0) is 0 Å². The minimum absolute atomic E-state index is 0.0904. The Bertz CT molecular complexity index is 160. The van der Waals surface area contributed by atoms with Crippen LogP contribution in [0.4, 0.5) is 0 Å². The van der Waals surface area contributed by atoms with E-state index in [2.05, 4.69) is 20.4 Å². The topological polar surface area (TPSA) is 20.2 Å². The molecule has 1 heteroatoms. The lowest BCUT2D eigenvalue weighted by molar-refractivity contribution is 0.0795. The molecule has 1 nitrogen and oxygen atoms in total. The standard InChI is InChI=1S/C11H20O/c1-4-5-6-9-7-10(12)11(2,3)8-9/h4,9-10,12H,1,5-8H2,2-3H3. The summed E-state index contributed by atoms with van der Waals surface area (Å²) in [5.41, 5.74) is 0.145. The van der Waals surface area contributed by atoms with Crippen molar-refractivity contribution in [2.24, 2.45) is 11.3 Å². The summed E-state index contributed by atoms with van der Waals surface area (Å²) in [6.07, 6.45) is 6.32. The molecule has 0 aromatic carbocycles. The van der Waals surface area contributed by atoms with Crippen LogP contribution in [0.25, 0.3) is 0 Å². The Morgan fingerprint density at radius 3 is 2.67 bits per heavy atom. The van der Waals surface area contributed by atoms with E-state index in [-0.39, 0.29) is 11.5 Å². The predicted octanol–water partition coefficient (Wildman–Crippen LogP) is 2.75. The highest BCUT2D eigenvalue weighted by Crippen LogP contribution is 2.42. The summed E-state index contributed by atoms with van der Waals surface area (Å²) < 4.78 is 0. The van der Waals surface area contributed by atoms with Gasteiger partial charge in [0.15, 0.2) is 0 Å². The van der Waals surface area contributed by atoms with Gasteiger partial charge in [0.1, 0.15) is 0 Å². The summed E-state index contributed by atoms with van der Waals surface area (Å²) in [4.78, 5) is 0. The maximum absolute atomic E-state index is 9.70. The lowest BCUT2D eigenvalue weighted by Crippen LogP contribution is -2.21. The van der Waals surface area contributed by atoms with Gasteiger partial charge in [0.2, 0.25) is 0 Å². The fourth-order valence-electron chi connectivity index (χ4n) is 2.17. The van der Waals surface area contributed by atoms with Crippen molar-refractivity contribution >= 4 is 0 Å². The summed E-state index contributed by atoms with van der Waals surface area (Å²) >= 11 is 0. The average Bonchev–Trinajstić information content (AvgIpc) is 2.22. The quantitative estimate of drug-likeness (QED) is 0.642. The lowest BCUT2D eigenvalue weighted by atomic mass is 9.88. The van der Waals surface area contributed by atoms with E-state index in [0.717, 1.165) is 12.8 Å². The smallest absolute Gasteiger partial charge is 0.0593 e. The first-order chi connectivity index (χ1) is 5.56. The molecule has 1 aliphatic carbocycles. The number of hydrogen-bond donors (Lipinski definition) is 1. The summed E-state index contributed by atoms with van der Waals surface area (Å²) in [6, 6.07) is 0. The van der Waals surface area contributed by atoms with Crippen LogP contribution in [0.15, 0.2) is 12.7 Å². The van der Waals surface area contributed by atoms with Gasteiger partial charge in [0.25, 0.3) is 0 Å². The molecule has 0 saturated heterocycles. The van der Waals surface area contributed by atoms with Crippen LogP contribution < -0.4 is 0 Å². The van der Waals surface area contributed by atoms with Gasteiger partial charge in [0, 0.05) is 0 Å². The fourth-order valence-corrected chi connectivity index (χ4v) is 2.17. The monoisotopic (exact) mass is 168 g/mol. The molecule has 0 spiro atoms. The second-order valence-corrected chi connectivity index (χ2v) is 4.68. The summed E-state index contributed by atoms with van der Waals surface area (Å²) in [7, 11) is 0. The molecule has 2 atom stereocenters. The molecule has 1 aliphatic rings. The maximum Gasteiger partial charge on any atom is 0.0593 e. The molecule has 1 rings (SSSR count). The van der Waals surface area contributed by atoms with Crippen LogP contribution in [0.1, 0.15) is 39.5 Å². The minimum atomic E-state index is -0.0904. The Labute approximate surface area is 75.5 Å². The van der Waals surface area contributed by atoms with Crippen molar-refractivity contribution in [3.05, 3.63) is 12.7 Å². The van der Waals surface area contributed by atoms with E-state index < -0.39 is 0 Å². The van der Waals surface area contributed by atoms with Crippen molar-refractivity contribution < 1.29 is 5.11 Å². The van der Waals surface area contributed by atoms with Gasteiger partial charge in [-0.2, -0.15) is 0 Å². The van der Waals surface area contributed by atoms with E-state index in [0.29, 0.717) is 5.92 Å². The highest BCUT2D eigenvalue weighted by molar-refractivity contribution is 4.90. The lowest BCUT2D eigenvalue weighted by Gasteiger charge is -2.21. The van der Waals surface area contributed by atoms with Crippen molar-refractivity contribution in [1.29, 1.82) is 0 Å². The SMILES string of the molecule is C=CCCC1CC(O)C(C)(C)C1.